The van der Waals surface area contributed by atoms with E-state index in [2.05, 4.69) is 98.7 Å². The summed E-state index contributed by atoms with van der Waals surface area (Å²) in [5, 5.41) is 0.168. The van der Waals surface area contributed by atoms with Crippen LogP contribution in [0.1, 0.15) is 108 Å². The molecular formula is C100H81BN4. The molecule has 0 saturated heterocycles. The largest absolute Gasteiger partial charge is 0.310 e. The molecule has 105 heavy (non-hydrogen) atoms. The van der Waals surface area contributed by atoms with E-state index in [4.69, 9.17) is 0 Å². The van der Waals surface area contributed by atoms with Gasteiger partial charge in [-0.1, -0.05) is 299 Å². The number of anilines is 6. The number of hydrogen-bond acceptors (Lipinski definition) is 2. The van der Waals surface area contributed by atoms with Gasteiger partial charge in [0, 0.05) is 77.9 Å². The molecule has 2 aliphatic heterocycles. The first-order valence-electron chi connectivity index (χ1n) is 46.0. The molecule has 504 valence electrons. The van der Waals surface area contributed by atoms with Crippen molar-refractivity contribution in [2.75, 3.05) is 9.80 Å². The van der Waals surface area contributed by atoms with Gasteiger partial charge in [0.25, 0.3) is 6.71 Å². The summed E-state index contributed by atoms with van der Waals surface area (Å²) in [5.41, 5.74) is 5.82. The molecule has 0 spiro atoms. The maximum Gasteiger partial charge on any atom is 0.252 e. The summed E-state index contributed by atoms with van der Waals surface area (Å²) in [7, 11) is 0. The topological polar surface area (TPSA) is 16.3 Å². The Labute approximate surface area is 646 Å². The Balaban J connectivity index is 1.14. The zero-order valence-electron chi connectivity index (χ0n) is 80.4. The number of rotatable bonds is 9. The SMILES string of the molecule is [2H]c1c([2H])c(-n2c3c([2H])c([2H])c([2H])c([2H])c3c3c([2H])c([2H])c([2H])c([2H])c32)c([2H])c2c1B1c3c(cc(C(C)(C)C)cc3N(c3c(-c4ccccc4)cc(C(C)(C)C)cc3-c3ccccc3)c3c([2H])c(-n4c5c([2H])c([2H])c([2H])c([2H])c5c5c([2H])c([2H])c([2H])c([2H])c54)c([2H])c(-c4ccc5ccccc5c4)c31)N2c1c(-c2ccccc2)cc(C(C)(C)C)cc1-c1ccccc1. The van der Waals surface area contributed by atoms with E-state index in [0.717, 1.165) is 32.2 Å². The predicted octanol–water partition coefficient (Wildman–Crippen LogP) is 25.3. The number of aromatic nitrogens is 2. The number of para-hydroxylation sites is 4. The molecule has 19 rings (SSSR count). The molecule has 4 nitrogen and oxygen atoms in total. The first-order chi connectivity index (χ1) is 59.8. The van der Waals surface area contributed by atoms with Gasteiger partial charge in [0.2, 0.25) is 0 Å². The van der Waals surface area contributed by atoms with E-state index in [-0.39, 0.29) is 66.1 Å². The monoisotopic (exact) mass is 1370 g/mol. The lowest BCUT2D eigenvalue weighted by atomic mass is 9.32. The number of fused-ring (bicyclic) bond motifs is 11. The smallest absolute Gasteiger partial charge is 0.252 e. The quantitative estimate of drug-likeness (QED) is 0.134. The van der Waals surface area contributed by atoms with Crippen molar-refractivity contribution in [3.05, 3.63) is 344 Å². The van der Waals surface area contributed by atoms with Gasteiger partial charge in [-0.3, -0.25) is 0 Å². The van der Waals surface area contributed by atoms with Crippen LogP contribution in [0.3, 0.4) is 0 Å². The number of benzene rings is 15. The lowest BCUT2D eigenvalue weighted by molar-refractivity contribution is 0.590. The third-order valence-corrected chi connectivity index (χ3v) is 20.9. The van der Waals surface area contributed by atoms with Crippen LogP contribution >= 0.6 is 0 Å². The van der Waals surface area contributed by atoms with Gasteiger partial charge in [-0.25, -0.2) is 0 Å². The van der Waals surface area contributed by atoms with Gasteiger partial charge in [0.1, 0.15) is 0 Å². The Kier molecular flexibility index (Phi) is 10.4. The van der Waals surface area contributed by atoms with E-state index in [0.29, 0.717) is 78.1 Å². The molecule has 0 N–H and O–H groups in total. The van der Waals surface area contributed by atoms with Crippen molar-refractivity contribution in [2.45, 2.75) is 78.6 Å². The maximum absolute atomic E-state index is 12.2. The maximum atomic E-state index is 12.2. The molecule has 2 aromatic heterocycles. The van der Waals surface area contributed by atoms with Crippen molar-refractivity contribution in [3.8, 4) is 67.0 Å². The van der Waals surface area contributed by atoms with Crippen LogP contribution in [0, 0.1) is 0 Å². The van der Waals surface area contributed by atoms with Crippen molar-refractivity contribution in [3.63, 3.8) is 0 Å². The second-order valence-electron chi connectivity index (χ2n) is 30.4. The van der Waals surface area contributed by atoms with Gasteiger partial charge in [0.15, 0.2) is 0 Å². The summed E-state index contributed by atoms with van der Waals surface area (Å²) in [6, 6.07) is 50.8. The highest BCUT2D eigenvalue weighted by Gasteiger charge is 2.48. The molecule has 5 heteroatoms. The van der Waals surface area contributed by atoms with E-state index in [9.17, 15) is 28.8 Å². The first-order valence-corrected chi connectivity index (χ1v) is 35.5. The standard InChI is InChI=1S/C100H81BN4/c1-98(2,3)71-55-81(65-33-14-10-15-34-65)96(82(56-71)66-35-16-11-17-36-66)104-90-62-74(102-86-46-28-24-42-76(86)77-43-25-29-47-87(77)102)52-53-85(90)101-94-80(70-51-50-64-32-22-23-41-69(64)54-70)61-75(103-88-48-30-26-44-78(88)79-45-27-31-49-89(79)103)63-93(94)105(92-60-73(100(7,8)9)59-91(104)95(92)101)97-83(67-37-18-12-19-38-67)57-72(99(4,5)6)58-84(97)68-39-20-13-21-40-68/h10-63H,1-9H3/i24D,25D,26D,27D,28D,29D,30D,31D,42D,43D,44D,45D,46D,47D,48D,49D,52D,53D,61D,62D,63D. The molecule has 0 bridgehead atoms. The van der Waals surface area contributed by atoms with E-state index in [1.807, 2.05) is 174 Å². The average Bonchev–Trinajstić information content (AvgIpc) is 0.909. The fourth-order valence-electron chi connectivity index (χ4n) is 15.7. The minimum atomic E-state index is -1.55. The van der Waals surface area contributed by atoms with Gasteiger partial charge in [-0.15, -0.1) is 0 Å². The third kappa shape index (κ3) is 10.4. The average molecular weight is 1370 g/mol. The molecule has 2 aliphatic rings. The molecule has 17 aromatic rings. The number of hydrogen-bond donors (Lipinski definition) is 0. The minimum Gasteiger partial charge on any atom is -0.310 e. The summed E-state index contributed by atoms with van der Waals surface area (Å²) in [6.45, 7) is 17.4. The minimum absolute atomic E-state index is 0.00646. The Bertz CT molecular complexity index is 7370. The lowest BCUT2D eigenvalue weighted by Crippen LogP contribution is -2.62. The second-order valence-corrected chi connectivity index (χ2v) is 30.4. The van der Waals surface area contributed by atoms with Crippen LogP contribution in [0.15, 0.2) is 327 Å². The predicted molar refractivity (Wildman–Crippen MR) is 450 cm³/mol. The normalized spacial score (nSPS) is 15.7. The summed E-state index contributed by atoms with van der Waals surface area (Å²) in [5.74, 6) is 0. The highest BCUT2D eigenvalue weighted by molar-refractivity contribution is 7.01. The fraction of sp³-hybridized carbons (Fsp3) is 0.120. The Morgan fingerprint density at radius 2 is 0.648 bits per heavy atom. The van der Waals surface area contributed by atoms with Crippen LogP contribution in [-0.2, 0) is 16.2 Å². The first kappa shape index (κ1) is 45.0. The van der Waals surface area contributed by atoms with Crippen molar-refractivity contribution >= 4 is 112 Å². The van der Waals surface area contributed by atoms with E-state index < -0.39 is 167 Å². The van der Waals surface area contributed by atoms with Crippen molar-refractivity contribution in [1.82, 2.24) is 9.13 Å². The Morgan fingerprint density at radius 1 is 0.286 bits per heavy atom. The molecule has 0 atom stereocenters. The summed E-state index contributed by atoms with van der Waals surface area (Å²) in [4.78, 5) is 4.00. The molecule has 0 unspecified atom stereocenters. The highest BCUT2D eigenvalue weighted by atomic mass is 15.2. The summed E-state index contributed by atoms with van der Waals surface area (Å²) >= 11 is 0. The molecular weight excluding hydrogens is 1270 g/mol. The van der Waals surface area contributed by atoms with Crippen LogP contribution in [0.2, 0.25) is 0 Å². The molecule has 0 aliphatic carbocycles. The van der Waals surface area contributed by atoms with Gasteiger partial charge in [-0.05, 0) is 184 Å². The van der Waals surface area contributed by atoms with E-state index in [1.165, 1.54) is 4.57 Å². The van der Waals surface area contributed by atoms with Gasteiger partial charge < -0.3 is 18.9 Å². The molecule has 4 heterocycles. The van der Waals surface area contributed by atoms with Gasteiger partial charge in [0.05, 0.1) is 62.2 Å². The molecule has 0 saturated carbocycles. The molecule has 0 radical (unpaired) electrons. The Morgan fingerprint density at radius 3 is 1.07 bits per heavy atom. The van der Waals surface area contributed by atoms with Crippen LogP contribution in [0.5, 0.6) is 0 Å². The highest BCUT2D eigenvalue weighted by Crippen LogP contribution is 2.56. The molecule has 0 amide bonds. The zero-order chi connectivity index (χ0) is 89.5. The summed E-state index contributed by atoms with van der Waals surface area (Å²) < 4.78 is 216. The molecule has 0 fully saturated rings. The van der Waals surface area contributed by atoms with Crippen LogP contribution in [0.4, 0.5) is 34.1 Å². The molecule has 15 aromatic carbocycles. The number of nitrogens with zero attached hydrogens (tertiary/aromatic N) is 4. The fourth-order valence-corrected chi connectivity index (χ4v) is 15.7. The van der Waals surface area contributed by atoms with Crippen molar-refractivity contribution < 1.29 is 28.8 Å². The van der Waals surface area contributed by atoms with Crippen molar-refractivity contribution in [2.24, 2.45) is 0 Å². The van der Waals surface area contributed by atoms with Crippen LogP contribution in [0.25, 0.3) is 121 Å². The second kappa shape index (κ2) is 24.2. The van der Waals surface area contributed by atoms with Gasteiger partial charge in [-0.2, -0.15) is 0 Å². The third-order valence-electron chi connectivity index (χ3n) is 20.9. The van der Waals surface area contributed by atoms with Gasteiger partial charge >= 0.3 is 0 Å². The zero-order valence-corrected chi connectivity index (χ0v) is 59.4. The summed E-state index contributed by atoms with van der Waals surface area (Å²) in [6.07, 6.45) is 0. The van der Waals surface area contributed by atoms with Crippen LogP contribution < -0.4 is 26.2 Å². The van der Waals surface area contributed by atoms with Crippen LogP contribution in [-0.4, -0.2) is 15.8 Å². The van der Waals surface area contributed by atoms with E-state index >= 15 is 0 Å². The van der Waals surface area contributed by atoms with Crippen molar-refractivity contribution in [1.29, 1.82) is 0 Å². The van der Waals surface area contributed by atoms with E-state index in [1.54, 1.807) is 0 Å². The lowest BCUT2D eigenvalue weighted by Gasteiger charge is -2.47. The Hall–Kier alpha value is -12.2.